The fraction of sp³-hybridized carbons (Fsp3) is 0.300. The van der Waals surface area contributed by atoms with Gasteiger partial charge in [-0.05, 0) is 18.2 Å². The average molecular weight is 391 g/mol. The Balaban J connectivity index is 2.29. The number of hydrogen-bond acceptors (Lipinski definition) is 5. The molecule has 0 saturated carbocycles. The number of anilines is 1. The zero-order valence-corrected chi connectivity index (χ0v) is 15.9. The van der Waals surface area contributed by atoms with Gasteiger partial charge in [-0.15, -0.1) is 0 Å². The van der Waals surface area contributed by atoms with Crippen molar-refractivity contribution < 1.29 is 19.8 Å². The van der Waals surface area contributed by atoms with Crippen LogP contribution in [0.25, 0.3) is 0 Å². The van der Waals surface area contributed by atoms with Crippen molar-refractivity contribution in [3.05, 3.63) is 64.7 Å². The summed E-state index contributed by atoms with van der Waals surface area (Å²) in [5.41, 5.74) is 1.29. The first-order valence-electron chi connectivity index (χ1n) is 8.58. The molecule has 27 heavy (non-hydrogen) atoms. The maximum atomic E-state index is 12.9. The van der Waals surface area contributed by atoms with E-state index in [2.05, 4.69) is 0 Å². The molecule has 1 amide bonds. The maximum absolute atomic E-state index is 12.9. The number of aliphatic hydroxyl groups excluding tert-OH is 2. The Kier molecular flexibility index (Phi) is 7.94. The number of hydrogen-bond donors (Lipinski definition) is 2. The minimum absolute atomic E-state index is 0.0131. The molecular weight excluding hydrogens is 368 g/mol. The second kappa shape index (κ2) is 10.2. The molecule has 7 heteroatoms. The third-order valence-electron chi connectivity index (χ3n) is 4.17. The molecule has 0 aliphatic carbocycles. The highest BCUT2D eigenvalue weighted by atomic mass is 35.5. The molecular formula is C20H23ClN2O4. The first kappa shape index (κ1) is 21.1. The van der Waals surface area contributed by atoms with E-state index >= 15 is 0 Å². The quantitative estimate of drug-likeness (QED) is 0.638. The summed E-state index contributed by atoms with van der Waals surface area (Å²) in [7, 11) is 1.59. The van der Waals surface area contributed by atoms with Gasteiger partial charge >= 0.3 is 0 Å². The van der Waals surface area contributed by atoms with Gasteiger partial charge in [-0.2, -0.15) is 0 Å². The number of carbonyl (C=O) groups is 2. The molecule has 0 spiro atoms. The van der Waals surface area contributed by atoms with Gasteiger partial charge in [-0.1, -0.05) is 41.9 Å². The Morgan fingerprint density at radius 1 is 1.00 bits per heavy atom. The monoisotopic (exact) mass is 390 g/mol. The van der Waals surface area contributed by atoms with Crippen LogP contribution in [0.2, 0.25) is 5.02 Å². The summed E-state index contributed by atoms with van der Waals surface area (Å²) in [4.78, 5) is 28.6. The normalized spacial score (nSPS) is 10.9. The lowest BCUT2D eigenvalue weighted by molar-refractivity contribution is -0.119. The number of nitrogens with zero attached hydrogens (tertiary/aromatic N) is 2. The molecule has 0 aliphatic rings. The lowest BCUT2D eigenvalue weighted by Gasteiger charge is -2.25. The molecule has 2 aromatic carbocycles. The first-order chi connectivity index (χ1) is 13.0. The summed E-state index contributed by atoms with van der Waals surface area (Å²) in [6, 6.07) is 13.6. The lowest BCUT2D eigenvalue weighted by Crippen LogP contribution is -2.41. The first-order valence-corrected chi connectivity index (χ1v) is 8.95. The Labute approximate surface area is 163 Å². The molecule has 0 radical (unpaired) electrons. The molecule has 6 nitrogen and oxygen atoms in total. The Hall–Kier alpha value is -2.25. The molecule has 0 fully saturated rings. The summed E-state index contributed by atoms with van der Waals surface area (Å²) in [6.45, 7) is 0.331. The van der Waals surface area contributed by atoms with Crippen LogP contribution in [0.1, 0.15) is 15.9 Å². The van der Waals surface area contributed by atoms with E-state index in [0.717, 1.165) is 0 Å². The maximum Gasteiger partial charge on any atom is 0.240 e. The minimum atomic E-state index is -0.263. The summed E-state index contributed by atoms with van der Waals surface area (Å²) in [5, 5.41) is 18.6. The lowest BCUT2D eigenvalue weighted by atomic mass is 10.0. The average Bonchev–Trinajstić information content (AvgIpc) is 2.68. The predicted molar refractivity (Wildman–Crippen MR) is 105 cm³/mol. The van der Waals surface area contributed by atoms with Gasteiger partial charge in [0.15, 0.2) is 5.78 Å². The van der Waals surface area contributed by atoms with Crippen molar-refractivity contribution in [2.75, 3.05) is 44.8 Å². The standard InChI is InChI=1S/C20H23ClN2O4/c1-22(19(26)14-23(9-11-24)10-12-25)18-8-7-16(21)13-17(18)20(27)15-5-3-2-4-6-15/h2-8,13,24-25H,9-12,14H2,1H3. The highest BCUT2D eigenvalue weighted by Crippen LogP contribution is 2.26. The van der Waals surface area contributed by atoms with Gasteiger partial charge in [0.2, 0.25) is 5.91 Å². The molecule has 0 heterocycles. The molecule has 0 saturated heterocycles. The van der Waals surface area contributed by atoms with Crippen LogP contribution in [0, 0.1) is 0 Å². The molecule has 2 N–H and O–H groups in total. The number of carbonyl (C=O) groups excluding carboxylic acids is 2. The number of aliphatic hydroxyl groups is 2. The zero-order valence-electron chi connectivity index (χ0n) is 15.1. The van der Waals surface area contributed by atoms with E-state index in [4.69, 9.17) is 21.8 Å². The molecule has 2 aromatic rings. The summed E-state index contributed by atoms with van der Waals surface area (Å²) in [6.07, 6.45) is 0. The fourth-order valence-corrected chi connectivity index (χ4v) is 2.88. The molecule has 0 bridgehead atoms. The van der Waals surface area contributed by atoms with E-state index in [1.807, 2.05) is 6.07 Å². The van der Waals surface area contributed by atoms with Crippen molar-refractivity contribution in [2.24, 2.45) is 0 Å². The SMILES string of the molecule is CN(C(=O)CN(CCO)CCO)c1ccc(Cl)cc1C(=O)c1ccccc1. The Bertz CT molecular complexity index is 777. The Morgan fingerprint density at radius 2 is 1.63 bits per heavy atom. The van der Waals surface area contributed by atoms with Crippen molar-refractivity contribution in [1.82, 2.24) is 4.90 Å². The molecule has 2 rings (SSSR count). The highest BCUT2D eigenvalue weighted by molar-refractivity contribution is 6.31. The molecule has 0 atom stereocenters. The van der Waals surface area contributed by atoms with Gasteiger partial charge < -0.3 is 15.1 Å². The van der Waals surface area contributed by atoms with Crippen LogP contribution in [-0.2, 0) is 4.79 Å². The third kappa shape index (κ3) is 5.61. The van der Waals surface area contributed by atoms with Gasteiger partial charge in [0, 0.05) is 36.3 Å². The zero-order chi connectivity index (χ0) is 19.8. The van der Waals surface area contributed by atoms with Crippen LogP contribution < -0.4 is 4.90 Å². The van der Waals surface area contributed by atoms with Gasteiger partial charge in [-0.25, -0.2) is 0 Å². The van der Waals surface area contributed by atoms with Crippen molar-refractivity contribution >= 4 is 29.0 Å². The van der Waals surface area contributed by atoms with Crippen LogP contribution in [-0.4, -0.2) is 66.7 Å². The number of likely N-dealkylation sites (N-methyl/N-ethyl adjacent to an activating group) is 1. The van der Waals surface area contributed by atoms with Gasteiger partial charge in [0.1, 0.15) is 0 Å². The smallest absolute Gasteiger partial charge is 0.240 e. The van der Waals surface area contributed by atoms with E-state index in [1.54, 1.807) is 54.4 Å². The van der Waals surface area contributed by atoms with Crippen LogP contribution in [0.5, 0.6) is 0 Å². The second-order valence-corrected chi connectivity index (χ2v) is 6.47. The molecule has 0 aliphatic heterocycles. The molecule has 0 aromatic heterocycles. The van der Waals surface area contributed by atoms with E-state index in [9.17, 15) is 9.59 Å². The van der Waals surface area contributed by atoms with Crippen molar-refractivity contribution in [3.8, 4) is 0 Å². The second-order valence-electron chi connectivity index (χ2n) is 6.03. The van der Waals surface area contributed by atoms with Crippen LogP contribution >= 0.6 is 11.6 Å². The number of ketones is 1. The van der Waals surface area contributed by atoms with Gasteiger partial charge in [0.05, 0.1) is 25.4 Å². The van der Waals surface area contributed by atoms with Crippen LogP contribution in [0.4, 0.5) is 5.69 Å². The van der Waals surface area contributed by atoms with E-state index in [-0.39, 0.29) is 44.5 Å². The number of rotatable bonds is 9. The topological polar surface area (TPSA) is 81.1 Å². The number of benzene rings is 2. The van der Waals surface area contributed by atoms with Gasteiger partial charge in [-0.3, -0.25) is 14.5 Å². The summed E-state index contributed by atoms with van der Waals surface area (Å²) < 4.78 is 0. The van der Waals surface area contributed by atoms with E-state index < -0.39 is 0 Å². The van der Waals surface area contributed by atoms with Crippen molar-refractivity contribution in [3.63, 3.8) is 0 Å². The summed E-state index contributed by atoms with van der Waals surface area (Å²) >= 11 is 6.08. The fourth-order valence-electron chi connectivity index (χ4n) is 2.71. The molecule has 144 valence electrons. The largest absolute Gasteiger partial charge is 0.395 e. The van der Waals surface area contributed by atoms with E-state index in [0.29, 0.717) is 21.8 Å². The number of amides is 1. The van der Waals surface area contributed by atoms with Crippen molar-refractivity contribution in [1.29, 1.82) is 0 Å². The van der Waals surface area contributed by atoms with Crippen LogP contribution in [0.15, 0.2) is 48.5 Å². The minimum Gasteiger partial charge on any atom is -0.395 e. The Morgan fingerprint density at radius 3 is 2.22 bits per heavy atom. The van der Waals surface area contributed by atoms with E-state index in [1.165, 1.54) is 4.90 Å². The van der Waals surface area contributed by atoms with Crippen molar-refractivity contribution in [2.45, 2.75) is 0 Å². The molecule has 0 unspecified atom stereocenters. The predicted octanol–water partition coefficient (Wildman–Crippen LogP) is 1.82. The number of halogens is 1. The van der Waals surface area contributed by atoms with Gasteiger partial charge in [0.25, 0.3) is 0 Å². The summed E-state index contributed by atoms with van der Waals surface area (Å²) in [5.74, 6) is -0.489. The highest BCUT2D eigenvalue weighted by Gasteiger charge is 2.21. The third-order valence-corrected chi connectivity index (χ3v) is 4.40. The van der Waals surface area contributed by atoms with Crippen LogP contribution in [0.3, 0.4) is 0 Å².